The van der Waals surface area contributed by atoms with E-state index in [1.165, 1.54) is 12.4 Å². The third-order valence-corrected chi connectivity index (χ3v) is 4.12. The summed E-state index contributed by atoms with van der Waals surface area (Å²) in [6, 6.07) is 14.2. The third-order valence-electron chi connectivity index (χ3n) is 2.76. The highest BCUT2D eigenvalue weighted by molar-refractivity contribution is 7.92. The predicted octanol–water partition coefficient (Wildman–Crippen LogP) is 1.97. The van der Waals surface area contributed by atoms with Gasteiger partial charge in [-0.05, 0) is 17.5 Å². The molecule has 3 aromatic rings. The first-order valence-corrected chi connectivity index (χ1v) is 7.15. The summed E-state index contributed by atoms with van der Waals surface area (Å²) in [6.45, 7) is 0. The standard InChI is InChI=1S/C13H11N3O2S/c17-19(18,15-16-10-4-9-14-16)13-8-3-6-11-5-1-2-7-12(11)13/h1-10,15H. The lowest BCUT2D eigenvalue weighted by molar-refractivity contribution is 0.592. The zero-order valence-corrected chi connectivity index (χ0v) is 10.7. The van der Waals surface area contributed by atoms with Crippen LogP contribution in [0.2, 0.25) is 0 Å². The molecule has 0 unspecified atom stereocenters. The van der Waals surface area contributed by atoms with Crippen molar-refractivity contribution in [1.82, 2.24) is 9.89 Å². The number of aromatic nitrogens is 2. The Kier molecular flexibility index (Phi) is 2.72. The van der Waals surface area contributed by atoms with Gasteiger partial charge in [-0.1, -0.05) is 36.4 Å². The van der Waals surface area contributed by atoms with Crippen LogP contribution in [0.5, 0.6) is 0 Å². The van der Waals surface area contributed by atoms with Crippen molar-refractivity contribution in [2.24, 2.45) is 0 Å². The van der Waals surface area contributed by atoms with Crippen molar-refractivity contribution >= 4 is 20.8 Å². The van der Waals surface area contributed by atoms with Crippen molar-refractivity contribution in [1.29, 1.82) is 0 Å². The molecule has 5 nitrogen and oxygen atoms in total. The largest absolute Gasteiger partial charge is 0.277 e. The second-order valence-electron chi connectivity index (χ2n) is 4.02. The molecule has 2 aromatic carbocycles. The summed E-state index contributed by atoms with van der Waals surface area (Å²) in [6.07, 6.45) is 3.04. The zero-order chi connectivity index (χ0) is 13.3. The summed E-state index contributed by atoms with van der Waals surface area (Å²) in [4.78, 5) is 3.79. The van der Waals surface area contributed by atoms with Crippen LogP contribution >= 0.6 is 0 Å². The Labute approximate surface area is 110 Å². The van der Waals surface area contributed by atoms with Crippen LogP contribution in [0.1, 0.15) is 0 Å². The van der Waals surface area contributed by atoms with Gasteiger partial charge in [0.2, 0.25) is 0 Å². The Morgan fingerprint density at radius 2 is 1.79 bits per heavy atom. The van der Waals surface area contributed by atoms with E-state index in [-0.39, 0.29) is 4.90 Å². The Morgan fingerprint density at radius 3 is 2.58 bits per heavy atom. The molecule has 1 heterocycles. The van der Waals surface area contributed by atoms with E-state index < -0.39 is 10.0 Å². The van der Waals surface area contributed by atoms with Gasteiger partial charge in [-0.25, -0.2) is 4.83 Å². The van der Waals surface area contributed by atoms with Crippen LogP contribution in [0.15, 0.2) is 65.8 Å². The van der Waals surface area contributed by atoms with Gasteiger partial charge >= 0.3 is 0 Å². The molecule has 0 spiro atoms. The minimum Gasteiger partial charge on any atom is -0.200 e. The summed E-state index contributed by atoms with van der Waals surface area (Å²) >= 11 is 0. The van der Waals surface area contributed by atoms with Gasteiger partial charge in [-0.15, -0.1) is 0 Å². The van der Waals surface area contributed by atoms with E-state index in [0.717, 1.165) is 10.2 Å². The Hall–Kier alpha value is -2.34. The highest BCUT2D eigenvalue weighted by Crippen LogP contribution is 2.22. The minimum atomic E-state index is -3.66. The molecular formula is C13H11N3O2S. The fourth-order valence-corrected chi connectivity index (χ4v) is 3.11. The quantitative estimate of drug-likeness (QED) is 0.793. The van der Waals surface area contributed by atoms with Gasteiger partial charge in [0.1, 0.15) is 0 Å². The first kappa shape index (κ1) is 11.7. The number of fused-ring (bicyclic) bond motifs is 1. The van der Waals surface area contributed by atoms with E-state index in [1.807, 2.05) is 24.3 Å². The smallest absolute Gasteiger partial charge is 0.200 e. The van der Waals surface area contributed by atoms with Crippen LogP contribution in [-0.4, -0.2) is 18.3 Å². The maximum Gasteiger partial charge on any atom is 0.277 e. The van der Waals surface area contributed by atoms with Crippen molar-refractivity contribution in [2.45, 2.75) is 4.90 Å². The number of rotatable bonds is 3. The lowest BCUT2D eigenvalue weighted by Gasteiger charge is -2.10. The average molecular weight is 273 g/mol. The van der Waals surface area contributed by atoms with Crippen LogP contribution in [0, 0.1) is 0 Å². The molecule has 0 aliphatic rings. The first-order valence-electron chi connectivity index (χ1n) is 5.67. The molecule has 3 rings (SSSR count). The van der Waals surface area contributed by atoms with Crippen molar-refractivity contribution in [3.63, 3.8) is 0 Å². The van der Waals surface area contributed by atoms with Crippen molar-refractivity contribution in [3.8, 4) is 0 Å². The molecule has 0 aliphatic carbocycles. The van der Waals surface area contributed by atoms with Crippen LogP contribution in [0.25, 0.3) is 10.8 Å². The Balaban J connectivity index is 2.13. The molecule has 0 atom stereocenters. The molecule has 1 N–H and O–H groups in total. The first-order chi connectivity index (χ1) is 9.17. The molecule has 0 fully saturated rings. The van der Waals surface area contributed by atoms with Gasteiger partial charge in [0.25, 0.3) is 10.0 Å². The van der Waals surface area contributed by atoms with Gasteiger partial charge in [0.15, 0.2) is 0 Å². The SMILES string of the molecule is O=S(=O)(Nn1cccn1)c1cccc2ccccc12. The molecular weight excluding hydrogens is 262 g/mol. The summed E-state index contributed by atoms with van der Waals surface area (Å²) in [7, 11) is -3.66. The molecule has 0 aliphatic heterocycles. The van der Waals surface area contributed by atoms with E-state index in [1.54, 1.807) is 24.3 Å². The number of nitrogens with one attached hydrogen (secondary N) is 1. The van der Waals surface area contributed by atoms with Gasteiger partial charge in [-0.3, -0.25) is 0 Å². The van der Waals surface area contributed by atoms with Crippen LogP contribution in [0.4, 0.5) is 0 Å². The number of hydrogen-bond donors (Lipinski definition) is 1. The summed E-state index contributed by atoms with van der Waals surface area (Å²) in [5.74, 6) is 0. The van der Waals surface area contributed by atoms with E-state index in [4.69, 9.17) is 0 Å². The highest BCUT2D eigenvalue weighted by Gasteiger charge is 2.17. The fourth-order valence-electron chi connectivity index (χ4n) is 1.93. The van der Waals surface area contributed by atoms with Gasteiger partial charge in [0.05, 0.1) is 11.1 Å². The normalized spacial score (nSPS) is 11.6. The second kappa shape index (κ2) is 4.40. The van der Waals surface area contributed by atoms with E-state index in [2.05, 4.69) is 9.93 Å². The molecule has 0 amide bonds. The number of nitrogens with zero attached hydrogens (tertiary/aromatic N) is 2. The molecule has 0 bridgehead atoms. The minimum absolute atomic E-state index is 0.237. The summed E-state index contributed by atoms with van der Waals surface area (Å²) in [5, 5.41) is 5.40. The molecule has 0 saturated carbocycles. The van der Waals surface area contributed by atoms with Crippen molar-refractivity contribution in [3.05, 3.63) is 60.9 Å². The maximum absolute atomic E-state index is 12.3. The highest BCUT2D eigenvalue weighted by atomic mass is 32.2. The predicted molar refractivity (Wildman–Crippen MR) is 72.7 cm³/mol. The topological polar surface area (TPSA) is 64.0 Å². The Morgan fingerprint density at radius 1 is 1.00 bits per heavy atom. The van der Waals surface area contributed by atoms with Crippen molar-refractivity contribution in [2.75, 3.05) is 4.83 Å². The van der Waals surface area contributed by atoms with Crippen LogP contribution in [-0.2, 0) is 10.0 Å². The van der Waals surface area contributed by atoms with Crippen molar-refractivity contribution < 1.29 is 8.42 Å². The van der Waals surface area contributed by atoms with Gasteiger partial charge in [0, 0.05) is 11.6 Å². The second-order valence-corrected chi connectivity index (χ2v) is 5.65. The number of sulfonamides is 1. The van der Waals surface area contributed by atoms with Crippen LogP contribution < -0.4 is 4.83 Å². The van der Waals surface area contributed by atoms with Gasteiger partial charge in [-0.2, -0.15) is 18.3 Å². The van der Waals surface area contributed by atoms with Gasteiger partial charge < -0.3 is 0 Å². The Bertz CT molecular complexity index is 806. The van der Waals surface area contributed by atoms with Crippen LogP contribution in [0.3, 0.4) is 0 Å². The molecule has 1 aromatic heterocycles. The van der Waals surface area contributed by atoms with E-state index in [9.17, 15) is 8.42 Å². The number of benzene rings is 2. The lowest BCUT2D eigenvalue weighted by Crippen LogP contribution is -2.23. The fraction of sp³-hybridized carbons (Fsp3) is 0. The molecule has 96 valence electrons. The summed E-state index contributed by atoms with van der Waals surface area (Å²) in [5.41, 5.74) is 0. The maximum atomic E-state index is 12.3. The monoisotopic (exact) mass is 273 g/mol. The lowest BCUT2D eigenvalue weighted by atomic mass is 10.1. The molecule has 19 heavy (non-hydrogen) atoms. The molecule has 0 radical (unpaired) electrons. The van der Waals surface area contributed by atoms with E-state index in [0.29, 0.717) is 5.39 Å². The molecule has 6 heteroatoms. The van der Waals surface area contributed by atoms with E-state index >= 15 is 0 Å². The molecule has 0 saturated heterocycles. The summed E-state index contributed by atoms with van der Waals surface area (Å²) < 4.78 is 24.7. The third kappa shape index (κ3) is 2.17. The number of hydrogen-bond acceptors (Lipinski definition) is 3. The average Bonchev–Trinajstić information content (AvgIpc) is 2.90. The zero-order valence-electron chi connectivity index (χ0n) is 9.89.